The number of nitro benzene ring substituents is 1. The molecule has 0 aliphatic carbocycles. The maximum absolute atomic E-state index is 10.7. The fourth-order valence-corrected chi connectivity index (χ4v) is 1.52. The van der Waals surface area contributed by atoms with Crippen LogP contribution >= 0.6 is 12.2 Å². The van der Waals surface area contributed by atoms with Gasteiger partial charge in [-0.2, -0.15) is 0 Å². The number of hydrogen-bond donors (Lipinski definition) is 2. The van der Waals surface area contributed by atoms with Gasteiger partial charge >= 0.3 is 0 Å². The maximum Gasteiger partial charge on any atom is 0.272 e. The van der Waals surface area contributed by atoms with Crippen LogP contribution in [-0.4, -0.2) is 15.9 Å². The van der Waals surface area contributed by atoms with Crippen molar-refractivity contribution >= 4 is 34.6 Å². The van der Waals surface area contributed by atoms with Gasteiger partial charge in [-0.3, -0.25) is 14.9 Å². The predicted octanol–water partition coefficient (Wildman–Crippen LogP) is 1.74. The summed E-state index contributed by atoms with van der Waals surface area (Å²) < 4.78 is 0. The summed E-state index contributed by atoms with van der Waals surface area (Å²) in [5.41, 5.74) is 1.15. The Labute approximate surface area is 103 Å². The van der Waals surface area contributed by atoms with Crippen molar-refractivity contribution < 1.29 is 9.72 Å². The highest BCUT2D eigenvalue weighted by molar-refractivity contribution is 7.80. The number of aryl methyl sites for hydroxylation is 1. The first kappa shape index (κ1) is 13.0. The average molecular weight is 253 g/mol. The molecule has 0 aliphatic heterocycles. The lowest BCUT2D eigenvalue weighted by atomic mass is 10.2. The van der Waals surface area contributed by atoms with Crippen molar-refractivity contribution in [1.82, 2.24) is 5.32 Å². The monoisotopic (exact) mass is 253 g/mol. The van der Waals surface area contributed by atoms with Gasteiger partial charge in [0.15, 0.2) is 5.11 Å². The van der Waals surface area contributed by atoms with Gasteiger partial charge in [0.2, 0.25) is 5.91 Å². The number of benzene rings is 1. The Morgan fingerprint density at radius 1 is 1.47 bits per heavy atom. The molecule has 1 amide bonds. The van der Waals surface area contributed by atoms with E-state index in [9.17, 15) is 14.9 Å². The highest BCUT2D eigenvalue weighted by Crippen LogP contribution is 2.21. The summed E-state index contributed by atoms with van der Waals surface area (Å²) in [7, 11) is 0. The summed E-state index contributed by atoms with van der Waals surface area (Å²) in [6, 6.07) is 4.50. The van der Waals surface area contributed by atoms with Gasteiger partial charge in [-0.1, -0.05) is 0 Å². The summed E-state index contributed by atoms with van der Waals surface area (Å²) in [5.74, 6) is -0.277. The van der Waals surface area contributed by atoms with Crippen LogP contribution in [0.25, 0.3) is 0 Å². The maximum atomic E-state index is 10.7. The molecule has 0 heterocycles. The Balaban J connectivity index is 2.81. The third kappa shape index (κ3) is 3.80. The molecule has 1 aromatic carbocycles. The zero-order chi connectivity index (χ0) is 13.0. The molecule has 7 heteroatoms. The van der Waals surface area contributed by atoms with Crippen LogP contribution in [0.1, 0.15) is 12.5 Å². The Kier molecular flexibility index (Phi) is 4.11. The van der Waals surface area contributed by atoms with E-state index >= 15 is 0 Å². The highest BCUT2D eigenvalue weighted by atomic mass is 32.1. The number of nitro groups is 1. The molecule has 0 aliphatic rings. The van der Waals surface area contributed by atoms with E-state index in [2.05, 4.69) is 10.6 Å². The fraction of sp³-hybridized carbons (Fsp3) is 0.200. The van der Waals surface area contributed by atoms with Gasteiger partial charge in [0, 0.05) is 24.2 Å². The number of carbonyl (C=O) groups is 1. The first-order chi connectivity index (χ1) is 7.90. The van der Waals surface area contributed by atoms with E-state index in [0.29, 0.717) is 11.3 Å². The van der Waals surface area contributed by atoms with Crippen molar-refractivity contribution in [1.29, 1.82) is 0 Å². The number of nitrogens with zero attached hydrogens (tertiary/aromatic N) is 1. The lowest BCUT2D eigenvalue weighted by Crippen LogP contribution is -2.32. The number of amides is 1. The van der Waals surface area contributed by atoms with E-state index in [4.69, 9.17) is 12.2 Å². The van der Waals surface area contributed by atoms with E-state index in [1.807, 2.05) is 0 Å². The molecule has 0 saturated carbocycles. The number of thiocarbonyl (C=S) groups is 1. The summed E-state index contributed by atoms with van der Waals surface area (Å²) in [4.78, 5) is 20.9. The lowest BCUT2D eigenvalue weighted by Gasteiger charge is -2.08. The second-order valence-corrected chi connectivity index (χ2v) is 3.80. The molecule has 1 rings (SSSR count). The molecule has 0 unspecified atom stereocenters. The smallest absolute Gasteiger partial charge is 0.272 e. The van der Waals surface area contributed by atoms with E-state index in [1.54, 1.807) is 13.0 Å². The third-order valence-electron chi connectivity index (χ3n) is 1.94. The second kappa shape index (κ2) is 5.35. The first-order valence-corrected chi connectivity index (χ1v) is 5.14. The summed E-state index contributed by atoms with van der Waals surface area (Å²) in [6.07, 6.45) is 0. The van der Waals surface area contributed by atoms with Crippen molar-refractivity contribution in [2.24, 2.45) is 0 Å². The molecule has 0 radical (unpaired) electrons. The first-order valence-electron chi connectivity index (χ1n) is 4.74. The Morgan fingerprint density at radius 3 is 2.59 bits per heavy atom. The minimum absolute atomic E-state index is 0.0426. The fourth-order valence-electron chi connectivity index (χ4n) is 1.26. The van der Waals surface area contributed by atoms with Crippen molar-refractivity contribution in [3.05, 3.63) is 33.9 Å². The normalized spacial score (nSPS) is 9.53. The second-order valence-electron chi connectivity index (χ2n) is 3.39. The van der Waals surface area contributed by atoms with Gasteiger partial charge in [0.25, 0.3) is 5.69 Å². The van der Waals surface area contributed by atoms with Crippen molar-refractivity contribution in [2.75, 3.05) is 5.32 Å². The van der Waals surface area contributed by atoms with Crippen LogP contribution < -0.4 is 10.6 Å². The lowest BCUT2D eigenvalue weighted by molar-refractivity contribution is -0.385. The molecule has 0 bridgehead atoms. The molecule has 1 aromatic rings. The average Bonchev–Trinajstić information content (AvgIpc) is 2.15. The standard InChI is InChI=1S/C10H11N3O3S/c1-6-5-8(3-4-9(6)13(15)16)12-10(17)11-7(2)14/h3-5H,1-2H3,(H2,11,12,14,17). The number of nitrogens with one attached hydrogen (secondary N) is 2. The largest absolute Gasteiger partial charge is 0.332 e. The molecule has 0 spiro atoms. The molecule has 0 saturated heterocycles. The molecule has 6 nitrogen and oxygen atoms in total. The molecule has 90 valence electrons. The van der Waals surface area contributed by atoms with Crippen molar-refractivity contribution in [2.45, 2.75) is 13.8 Å². The van der Waals surface area contributed by atoms with E-state index in [1.165, 1.54) is 19.1 Å². The van der Waals surface area contributed by atoms with Crippen LogP contribution in [0.15, 0.2) is 18.2 Å². The van der Waals surface area contributed by atoms with Gasteiger partial charge in [0.05, 0.1) is 4.92 Å². The van der Waals surface area contributed by atoms with E-state index in [0.717, 1.165) is 0 Å². The molecular weight excluding hydrogens is 242 g/mol. The van der Waals surface area contributed by atoms with Crippen LogP contribution in [0.4, 0.5) is 11.4 Å². The summed E-state index contributed by atoms with van der Waals surface area (Å²) >= 11 is 4.86. The topological polar surface area (TPSA) is 84.3 Å². The molecule has 0 atom stereocenters. The van der Waals surface area contributed by atoms with Gasteiger partial charge in [0.1, 0.15) is 0 Å². The van der Waals surface area contributed by atoms with Crippen molar-refractivity contribution in [3.8, 4) is 0 Å². The van der Waals surface area contributed by atoms with Crippen LogP contribution in [0.5, 0.6) is 0 Å². The SMILES string of the molecule is CC(=O)NC(=S)Nc1ccc([N+](=O)[O-])c(C)c1. The van der Waals surface area contributed by atoms with Crippen LogP contribution in [0.3, 0.4) is 0 Å². The van der Waals surface area contributed by atoms with E-state index in [-0.39, 0.29) is 16.7 Å². The predicted molar refractivity (Wildman–Crippen MR) is 67.9 cm³/mol. The molecule has 17 heavy (non-hydrogen) atoms. The molecule has 0 aromatic heterocycles. The Bertz CT molecular complexity index is 488. The van der Waals surface area contributed by atoms with Crippen molar-refractivity contribution in [3.63, 3.8) is 0 Å². The minimum Gasteiger partial charge on any atom is -0.332 e. The van der Waals surface area contributed by atoms with Crippen LogP contribution in [0.2, 0.25) is 0 Å². The van der Waals surface area contributed by atoms with Gasteiger partial charge in [-0.15, -0.1) is 0 Å². The number of hydrogen-bond acceptors (Lipinski definition) is 4. The summed E-state index contributed by atoms with van der Waals surface area (Å²) in [5, 5.41) is 15.9. The molecule has 0 fully saturated rings. The number of anilines is 1. The summed E-state index contributed by atoms with van der Waals surface area (Å²) in [6.45, 7) is 2.97. The molecular formula is C10H11N3O3S. The third-order valence-corrected chi connectivity index (χ3v) is 2.15. The van der Waals surface area contributed by atoms with E-state index < -0.39 is 4.92 Å². The zero-order valence-electron chi connectivity index (χ0n) is 9.31. The quantitative estimate of drug-likeness (QED) is 0.476. The van der Waals surface area contributed by atoms with Crippen LogP contribution in [-0.2, 0) is 4.79 Å². The Hall–Kier alpha value is -2.02. The Morgan fingerprint density at radius 2 is 2.12 bits per heavy atom. The van der Waals surface area contributed by atoms with Crippen LogP contribution in [0, 0.1) is 17.0 Å². The number of carbonyl (C=O) groups excluding carboxylic acids is 1. The van der Waals surface area contributed by atoms with Gasteiger partial charge in [-0.25, -0.2) is 0 Å². The van der Waals surface area contributed by atoms with Gasteiger partial charge in [-0.05, 0) is 31.3 Å². The highest BCUT2D eigenvalue weighted by Gasteiger charge is 2.10. The molecule has 2 N–H and O–H groups in total. The van der Waals surface area contributed by atoms with Gasteiger partial charge < -0.3 is 10.6 Å². The minimum atomic E-state index is -0.453. The number of rotatable bonds is 2. The zero-order valence-corrected chi connectivity index (χ0v) is 10.1.